The van der Waals surface area contributed by atoms with E-state index in [-0.39, 0.29) is 5.57 Å². The molecule has 0 spiro atoms. The molecule has 1 N–H and O–H groups in total. The van der Waals surface area contributed by atoms with Gasteiger partial charge in [-0.15, -0.1) is 0 Å². The normalized spacial score (nSPS) is 15.2. The molecule has 7 nitrogen and oxygen atoms in total. The monoisotopic (exact) mass is 463 g/mol. The smallest absolute Gasteiger partial charge is 0.335 e. The van der Waals surface area contributed by atoms with Crippen LogP contribution in [0.3, 0.4) is 0 Å². The Balaban J connectivity index is 1.76. The molecule has 0 unspecified atom stereocenters. The molecule has 1 aromatic heterocycles. The predicted octanol–water partition coefficient (Wildman–Crippen LogP) is 4.73. The number of carbonyl (C=O) groups excluding carboxylic acids is 3. The highest BCUT2D eigenvalue weighted by Crippen LogP contribution is 2.30. The van der Waals surface area contributed by atoms with Crippen molar-refractivity contribution in [3.63, 3.8) is 0 Å². The summed E-state index contributed by atoms with van der Waals surface area (Å²) in [5.74, 6) is -0.701. The molecule has 1 fully saturated rings. The van der Waals surface area contributed by atoms with Crippen molar-refractivity contribution in [2.45, 2.75) is 20.8 Å². The molecule has 33 heavy (non-hydrogen) atoms. The van der Waals surface area contributed by atoms with Gasteiger partial charge in [0.2, 0.25) is 0 Å². The van der Waals surface area contributed by atoms with Crippen LogP contribution in [0.5, 0.6) is 5.75 Å². The van der Waals surface area contributed by atoms with Crippen LogP contribution in [0.25, 0.3) is 11.8 Å². The Labute approximate surface area is 196 Å². The maximum Gasteiger partial charge on any atom is 0.335 e. The molecule has 2 heterocycles. The summed E-state index contributed by atoms with van der Waals surface area (Å²) in [5, 5.41) is 2.67. The SMILES string of the molecule is COc1ccc(-n2c(C)cc(/C=C3\C(=O)NC(=O)N(c4cccc(Cl)c4C)C3=O)c2C)cc1. The molecule has 0 aliphatic carbocycles. The van der Waals surface area contributed by atoms with E-state index in [2.05, 4.69) is 5.32 Å². The number of methoxy groups -OCH3 is 1. The quantitative estimate of drug-likeness (QED) is 0.448. The second-order valence-corrected chi connectivity index (χ2v) is 8.11. The van der Waals surface area contributed by atoms with Gasteiger partial charge >= 0.3 is 6.03 Å². The molecule has 1 aliphatic rings. The van der Waals surface area contributed by atoms with Crippen molar-refractivity contribution in [2.75, 3.05) is 12.0 Å². The fourth-order valence-corrected chi connectivity index (χ4v) is 4.10. The Bertz CT molecular complexity index is 1320. The number of urea groups is 1. The molecule has 1 aliphatic heterocycles. The van der Waals surface area contributed by atoms with E-state index in [1.807, 2.05) is 48.7 Å². The van der Waals surface area contributed by atoms with Gasteiger partial charge in [-0.3, -0.25) is 14.9 Å². The van der Waals surface area contributed by atoms with E-state index in [9.17, 15) is 14.4 Å². The number of amides is 4. The van der Waals surface area contributed by atoms with Gasteiger partial charge in [0.25, 0.3) is 11.8 Å². The van der Waals surface area contributed by atoms with Gasteiger partial charge in [-0.1, -0.05) is 17.7 Å². The molecular weight excluding hydrogens is 442 g/mol. The number of aryl methyl sites for hydroxylation is 1. The summed E-state index contributed by atoms with van der Waals surface area (Å²) in [7, 11) is 1.61. The van der Waals surface area contributed by atoms with Gasteiger partial charge in [0.05, 0.1) is 12.8 Å². The standard InChI is InChI=1S/C25H22ClN3O4/c1-14-12-17(16(3)28(14)18-8-10-19(33-4)11-9-18)13-20-23(30)27-25(32)29(24(20)31)22-7-5-6-21(26)15(22)2/h5-13H,1-4H3,(H,27,30,32)/b20-13+. The summed E-state index contributed by atoms with van der Waals surface area (Å²) in [4.78, 5) is 39.3. The highest BCUT2D eigenvalue weighted by atomic mass is 35.5. The molecule has 3 aromatic rings. The molecule has 0 atom stereocenters. The van der Waals surface area contributed by atoms with E-state index < -0.39 is 17.8 Å². The minimum absolute atomic E-state index is 0.135. The molecule has 0 bridgehead atoms. The van der Waals surface area contributed by atoms with E-state index in [4.69, 9.17) is 16.3 Å². The second kappa shape index (κ2) is 8.60. The van der Waals surface area contributed by atoms with Crippen LogP contribution in [0.1, 0.15) is 22.5 Å². The van der Waals surface area contributed by atoms with Crippen molar-refractivity contribution >= 4 is 41.2 Å². The number of benzene rings is 2. The Morgan fingerprint density at radius 2 is 1.70 bits per heavy atom. The number of nitrogens with one attached hydrogen (secondary N) is 1. The van der Waals surface area contributed by atoms with Gasteiger partial charge < -0.3 is 9.30 Å². The molecule has 4 amide bonds. The number of anilines is 1. The van der Waals surface area contributed by atoms with Crippen LogP contribution in [0, 0.1) is 20.8 Å². The van der Waals surface area contributed by atoms with Crippen LogP contribution in [-0.2, 0) is 9.59 Å². The van der Waals surface area contributed by atoms with Gasteiger partial charge in [0.1, 0.15) is 11.3 Å². The lowest BCUT2D eigenvalue weighted by Gasteiger charge is -2.27. The van der Waals surface area contributed by atoms with Crippen LogP contribution in [0.2, 0.25) is 5.02 Å². The fraction of sp³-hybridized carbons (Fsp3) is 0.160. The summed E-state index contributed by atoms with van der Waals surface area (Å²) in [5.41, 5.74) is 4.13. The molecule has 1 saturated heterocycles. The summed E-state index contributed by atoms with van der Waals surface area (Å²) in [6.07, 6.45) is 1.51. The molecular formula is C25H22ClN3O4. The number of ether oxygens (including phenoxy) is 1. The van der Waals surface area contributed by atoms with E-state index in [1.165, 1.54) is 6.08 Å². The summed E-state index contributed by atoms with van der Waals surface area (Å²) in [6, 6.07) is 13.6. The number of barbiturate groups is 1. The van der Waals surface area contributed by atoms with Gasteiger partial charge in [0.15, 0.2) is 0 Å². The first-order chi connectivity index (χ1) is 15.7. The minimum atomic E-state index is -0.809. The van der Waals surface area contributed by atoms with Gasteiger partial charge in [-0.25, -0.2) is 9.69 Å². The number of imide groups is 2. The number of hydrogen-bond donors (Lipinski definition) is 1. The van der Waals surface area contributed by atoms with E-state index in [1.54, 1.807) is 32.2 Å². The third-order valence-corrected chi connectivity index (χ3v) is 6.09. The lowest BCUT2D eigenvalue weighted by atomic mass is 10.1. The van der Waals surface area contributed by atoms with Crippen molar-refractivity contribution < 1.29 is 19.1 Å². The van der Waals surface area contributed by atoms with Crippen molar-refractivity contribution in [3.8, 4) is 11.4 Å². The Morgan fingerprint density at radius 1 is 1.00 bits per heavy atom. The molecule has 8 heteroatoms. The van der Waals surface area contributed by atoms with E-state index in [0.717, 1.165) is 27.7 Å². The van der Waals surface area contributed by atoms with Crippen molar-refractivity contribution in [1.82, 2.24) is 9.88 Å². The first-order valence-electron chi connectivity index (χ1n) is 10.2. The Morgan fingerprint density at radius 3 is 2.36 bits per heavy atom. The van der Waals surface area contributed by atoms with E-state index in [0.29, 0.717) is 21.8 Å². The van der Waals surface area contributed by atoms with E-state index >= 15 is 0 Å². The number of carbonyl (C=O) groups is 3. The van der Waals surface area contributed by atoms with Crippen LogP contribution >= 0.6 is 11.6 Å². The van der Waals surface area contributed by atoms with Gasteiger partial charge in [-0.05, 0) is 80.4 Å². The minimum Gasteiger partial charge on any atom is -0.497 e. The van der Waals surface area contributed by atoms with Crippen molar-refractivity contribution in [2.24, 2.45) is 0 Å². The highest BCUT2D eigenvalue weighted by molar-refractivity contribution is 6.40. The molecule has 0 saturated carbocycles. The number of hydrogen-bond acceptors (Lipinski definition) is 4. The Kier molecular flexibility index (Phi) is 5.82. The van der Waals surface area contributed by atoms with Crippen LogP contribution in [0.15, 0.2) is 54.1 Å². The average molecular weight is 464 g/mol. The third-order valence-electron chi connectivity index (χ3n) is 5.68. The fourth-order valence-electron chi connectivity index (χ4n) is 3.93. The van der Waals surface area contributed by atoms with Crippen molar-refractivity contribution in [3.05, 3.63) is 81.6 Å². The van der Waals surface area contributed by atoms with Crippen LogP contribution in [0.4, 0.5) is 10.5 Å². The first kappa shape index (κ1) is 22.4. The molecule has 2 aromatic carbocycles. The zero-order valence-corrected chi connectivity index (χ0v) is 19.4. The zero-order valence-electron chi connectivity index (χ0n) is 18.6. The van der Waals surface area contributed by atoms with Crippen LogP contribution in [-0.4, -0.2) is 29.5 Å². The summed E-state index contributed by atoms with van der Waals surface area (Å²) in [6.45, 7) is 5.55. The number of halogens is 1. The van der Waals surface area contributed by atoms with Gasteiger partial charge in [0, 0.05) is 22.1 Å². The van der Waals surface area contributed by atoms with Crippen LogP contribution < -0.4 is 15.0 Å². The second-order valence-electron chi connectivity index (χ2n) is 7.70. The number of aromatic nitrogens is 1. The molecule has 168 valence electrons. The highest BCUT2D eigenvalue weighted by Gasteiger charge is 2.37. The summed E-state index contributed by atoms with van der Waals surface area (Å²) >= 11 is 6.18. The summed E-state index contributed by atoms with van der Waals surface area (Å²) < 4.78 is 7.24. The Hall–Kier alpha value is -3.84. The number of rotatable bonds is 4. The maximum atomic E-state index is 13.3. The zero-order chi connectivity index (χ0) is 23.9. The predicted molar refractivity (Wildman–Crippen MR) is 127 cm³/mol. The maximum absolute atomic E-state index is 13.3. The van der Waals surface area contributed by atoms with Crippen molar-refractivity contribution in [1.29, 1.82) is 0 Å². The number of nitrogens with zero attached hydrogens (tertiary/aromatic N) is 2. The largest absolute Gasteiger partial charge is 0.497 e. The average Bonchev–Trinajstić information content (AvgIpc) is 3.06. The topological polar surface area (TPSA) is 80.6 Å². The molecule has 4 rings (SSSR count). The lowest BCUT2D eigenvalue weighted by molar-refractivity contribution is -0.122. The third kappa shape index (κ3) is 3.91. The van der Waals surface area contributed by atoms with Gasteiger partial charge in [-0.2, -0.15) is 0 Å². The lowest BCUT2D eigenvalue weighted by Crippen LogP contribution is -2.54. The first-order valence-corrected chi connectivity index (χ1v) is 10.6. The molecule has 0 radical (unpaired) electrons.